The van der Waals surface area contributed by atoms with Crippen LogP contribution >= 0.6 is 0 Å². The van der Waals surface area contributed by atoms with Crippen LogP contribution in [0.15, 0.2) is 12.1 Å². The number of ether oxygens (including phenoxy) is 1. The van der Waals surface area contributed by atoms with Crippen LogP contribution in [0.2, 0.25) is 0 Å². The van der Waals surface area contributed by atoms with Crippen molar-refractivity contribution in [2.75, 3.05) is 7.11 Å². The number of carboxylic acid groups (broad SMARTS) is 1. The molecule has 0 heterocycles. The molecular formula is C8H5LiO3. The molecule has 0 unspecified atom stereocenters. The van der Waals surface area contributed by atoms with Crippen LogP contribution in [0, 0.1) is 12.1 Å². The molecule has 0 aromatic heterocycles. The third-order valence-corrected chi connectivity index (χ3v) is 1.16. The Hall–Kier alpha value is -1.09. The second-order valence-corrected chi connectivity index (χ2v) is 1.85. The topological polar surface area (TPSA) is 49.4 Å². The van der Waals surface area contributed by atoms with E-state index in [9.17, 15) is 9.90 Å². The number of carbonyl (C=O) groups is 1. The molecule has 12 heavy (non-hydrogen) atoms. The molecule has 1 aromatic rings. The van der Waals surface area contributed by atoms with Crippen LogP contribution in [-0.2, 0) is 0 Å². The van der Waals surface area contributed by atoms with Gasteiger partial charge in [0.1, 0.15) is 0 Å². The maximum atomic E-state index is 10.2. The normalized spacial score (nSPS) is 7.75. The van der Waals surface area contributed by atoms with E-state index in [0.29, 0.717) is 5.75 Å². The van der Waals surface area contributed by atoms with E-state index in [1.807, 2.05) is 0 Å². The minimum atomic E-state index is -1.26. The van der Waals surface area contributed by atoms with E-state index in [1.54, 1.807) is 0 Å². The Morgan fingerprint density at radius 3 is 2.50 bits per heavy atom. The fourth-order valence-corrected chi connectivity index (χ4v) is 0.609. The van der Waals surface area contributed by atoms with Gasteiger partial charge in [0.15, 0.2) is 5.75 Å². The maximum Gasteiger partial charge on any atom is 1.00 e. The number of aromatic carboxylic acids is 1. The van der Waals surface area contributed by atoms with Crippen molar-refractivity contribution >= 4 is 5.97 Å². The third kappa shape index (κ3) is 2.51. The Morgan fingerprint density at radius 1 is 1.50 bits per heavy atom. The van der Waals surface area contributed by atoms with Gasteiger partial charge in [0.05, 0.1) is 13.1 Å². The molecule has 0 aliphatic carbocycles. The second kappa shape index (κ2) is 4.72. The summed E-state index contributed by atoms with van der Waals surface area (Å²) < 4.78 is 4.75. The monoisotopic (exact) mass is 156 g/mol. The van der Waals surface area contributed by atoms with E-state index in [4.69, 9.17) is 4.74 Å². The molecule has 0 saturated heterocycles. The summed E-state index contributed by atoms with van der Waals surface area (Å²) in [5.74, 6) is -0.807. The summed E-state index contributed by atoms with van der Waals surface area (Å²) in [7, 11) is 1.47. The summed E-state index contributed by atoms with van der Waals surface area (Å²) in [5.41, 5.74) is -0.0224. The fraction of sp³-hybridized carbons (Fsp3) is 0.125. The number of rotatable bonds is 2. The first kappa shape index (κ1) is 10.9. The molecule has 1 aromatic carbocycles. The van der Waals surface area contributed by atoms with Gasteiger partial charge >= 0.3 is 18.9 Å². The van der Waals surface area contributed by atoms with Gasteiger partial charge in [-0.1, -0.05) is 6.07 Å². The van der Waals surface area contributed by atoms with Gasteiger partial charge in [0.25, 0.3) is 0 Å². The summed E-state index contributed by atoms with van der Waals surface area (Å²) in [6, 6.07) is 7.71. The summed E-state index contributed by atoms with van der Waals surface area (Å²) in [4.78, 5) is 10.2. The number of carboxylic acids is 1. The molecule has 0 aliphatic heterocycles. The molecule has 1 rings (SSSR count). The molecule has 4 heteroatoms. The molecule has 0 bridgehead atoms. The molecule has 0 N–H and O–H groups in total. The molecule has 0 spiro atoms. The maximum absolute atomic E-state index is 10.2. The minimum Gasteiger partial charge on any atom is -0.544 e. The van der Waals surface area contributed by atoms with Crippen molar-refractivity contribution in [3.63, 3.8) is 0 Å². The molecule has 0 amide bonds. The van der Waals surface area contributed by atoms with Gasteiger partial charge in [0.2, 0.25) is 0 Å². The van der Waals surface area contributed by atoms with Crippen molar-refractivity contribution in [1.29, 1.82) is 0 Å². The van der Waals surface area contributed by atoms with Crippen LogP contribution in [0.25, 0.3) is 0 Å². The molecule has 0 atom stereocenters. The fourth-order valence-electron chi connectivity index (χ4n) is 0.609. The van der Waals surface area contributed by atoms with E-state index in [-0.39, 0.29) is 24.4 Å². The molecular weight excluding hydrogens is 151 g/mol. The van der Waals surface area contributed by atoms with Gasteiger partial charge in [-0.2, -0.15) is 0 Å². The van der Waals surface area contributed by atoms with Gasteiger partial charge in [-0.3, -0.25) is 0 Å². The van der Waals surface area contributed by atoms with E-state index in [2.05, 4.69) is 12.1 Å². The van der Waals surface area contributed by atoms with E-state index < -0.39 is 5.97 Å². The Labute approximate surface area is 82.5 Å². The summed E-state index contributed by atoms with van der Waals surface area (Å²) in [6.45, 7) is 0. The predicted molar refractivity (Wildman–Crippen MR) is 35.0 cm³/mol. The number of hydrogen-bond donors (Lipinski definition) is 0. The molecule has 56 valence electrons. The SMILES string of the molecule is COc1c#cc(C(=O)[O-])cc1.[Li+]. The van der Waals surface area contributed by atoms with Crippen LogP contribution in [0.1, 0.15) is 10.4 Å². The Bertz CT molecular complexity index is 256. The molecule has 0 aliphatic rings. The zero-order valence-corrected chi connectivity index (χ0v) is 6.88. The quantitative estimate of drug-likeness (QED) is 0.421. The zero-order chi connectivity index (χ0) is 8.27. The summed E-state index contributed by atoms with van der Waals surface area (Å²) in [5, 5.41) is 10.2. The minimum absolute atomic E-state index is 0. The van der Waals surface area contributed by atoms with Gasteiger partial charge in [-0.25, -0.2) is 0 Å². The smallest absolute Gasteiger partial charge is 0.544 e. The number of methoxy groups -OCH3 is 1. The van der Waals surface area contributed by atoms with Crippen molar-refractivity contribution in [1.82, 2.24) is 0 Å². The molecule has 0 saturated carbocycles. The van der Waals surface area contributed by atoms with Gasteiger partial charge in [-0.15, -0.1) is 0 Å². The largest absolute Gasteiger partial charge is 1.00 e. The van der Waals surface area contributed by atoms with Crippen LogP contribution in [0.3, 0.4) is 0 Å². The van der Waals surface area contributed by atoms with Crippen LogP contribution < -0.4 is 28.7 Å². The third-order valence-electron chi connectivity index (χ3n) is 1.16. The van der Waals surface area contributed by atoms with Crippen molar-refractivity contribution in [3.8, 4) is 5.75 Å². The second-order valence-electron chi connectivity index (χ2n) is 1.85. The van der Waals surface area contributed by atoms with Gasteiger partial charge in [0, 0.05) is 5.56 Å². The first-order valence-electron chi connectivity index (χ1n) is 2.93. The van der Waals surface area contributed by atoms with Crippen LogP contribution in [0.4, 0.5) is 0 Å². The van der Waals surface area contributed by atoms with E-state index >= 15 is 0 Å². The first-order valence-corrected chi connectivity index (χ1v) is 2.93. The Morgan fingerprint density at radius 2 is 2.17 bits per heavy atom. The zero-order valence-electron chi connectivity index (χ0n) is 6.88. The van der Waals surface area contributed by atoms with E-state index in [1.165, 1.54) is 19.2 Å². The molecule has 0 fully saturated rings. The van der Waals surface area contributed by atoms with Crippen molar-refractivity contribution < 1.29 is 33.5 Å². The first-order chi connectivity index (χ1) is 5.24. The van der Waals surface area contributed by atoms with E-state index in [0.717, 1.165) is 0 Å². The predicted octanol–water partition coefficient (Wildman–Crippen LogP) is -3.34. The van der Waals surface area contributed by atoms with Crippen LogP contribution in [0.5, 0.6) is 5.75 Å². The average Bonchev–Trinajstić information content (AvgIpc) is 2.05. The van der Waals surface area contributed by atoms with Crippen molar-refractivity contribution in [3.05, 3.63) is 29.8 Å². The Balaban J connectivity index is 0.00000121. The van der Waals surface area contributed by atoms with Crippen LogP contribution in [-0.4, -0.2) is 13.1 Å². The average molecular weight is 156 g/mol. The van der Waals surface area contributed by atoms with Crippen molar-refractivity contribution in [2.45, 2.75) is 0 Å². The summed E-state index contributed by atoms with van der Waals surface area (Å²) >= 11 is 0. The van der Waals surface area contributed by atoms with Gasteiger partial charge in [-0.05, 0) is 18.2 Å². The number of hydrogen-bond acceptors (Lipinski definition) is 3. The Kier molecular flexibility index (Phi) is 4.29. The summed E-state index contributed by atoms with van der Waals surface area (Å²) in [6.07, 6.45) is 0. The number of carbonyl (C=O) groups excluding carboxylic acids is 1. The van der Waals surface area contributed by atoms with Crippen molar-refractivity contribution in [2.24, 2.45) is 0 Å². The van der Waals surface area contributed by atoms with Gasteiger partial charge < -0.3 is 14.6 Å². The molecule has 0 radical (unpaired) electrons. The molecule has 3 nitrogen and oxygen atoms in total. The standard InChI is InChI=1S/C8H6O3.Li/c1-11-7-4-2-6(3-5-7)8(9)10;/h2,4H,1H3,(H,9,10);/q;+1/p-1.